The van der Waals surface area contributed by atoms with E-state index < -0.39 is 0 Å². The number of halogens is 1. The fraction of sp³-hybridized carbons (Fsp3) is 0. The van der Waals surface area contributed by atoms with Crippen LogP contribution in [0, 0.1) is 0 Å². The van der Waals surface area contributed by atoms with E-state index in [-0.39, 0.29) is 52.8 Å². The number of para-hydroxylation sites is 8. The Balaban J connectivity index is 0.000000163. The van der Waals surface area contributed by atoms with Crippen LogP contribution in [0.1, 0.15) is 1.43 Å². The molecule has 8 heteroatoms. The summed E-state index contributed by atoms with van der Waals surface area (Å²) in [6.07, 6.45) is 0. The summed E-state index contributed by atoms with van der Waals surface area (Å²) in [5, 5.41) is 3.47. The van der Waals surface area contributed by atoms with E-state index in [2.05, 4.69) is 104 Å². The third kappa shape index (κ3) is 9.03. The van der Waals surface area contributed by atoms with Crippen LogP contribution < -0.4 is 81.7 Å². The van der Waals surface area contributed by atoms with Crippen molar-refractivity contribution < 1.29 is 62.3 Å². The molecule has 6 nitrogen and oxygen atoms in total. The number of rotatable bonds is 4. The van der Waals surface area contributed by atoms with Crippen LogP contribution in [-0.4, -0.2) is 0 Å². The van der Waals surface area contributed by atoms with Gasteiger partial charge in [0, 0.05) is 32.9 Å². The van der Waals surface area contributed by atoms with Crippen LogP contribution in [-0.2, 0) is 0 Å². The molecule has 0 saturated carbocycles. The van der Waals surface area contributed by atoms with E-state index in [0.717, 1.165) is 78.7 Å². The number of fused-ring (bicyclic) bond motifs is 4. The average Bonchev–Trinajstić information content (AvgIpc) is 3.24. The molecule has 0 amide bonds. The van der Waals surface area contributed by atoms with Crippen LogP contribution in [0.3, 0.4) is 0 Å². The Morgan fingerprint density at radius 1 is 0.411 bits per heavy atom. The van der Waals surface area contributed by atoms with E-state index in [4.69, 9.17) is 15.2 Å². The summed E-state index contributed by atoms with van der Waals surface area (Å²) in [6.45, 7) is 0. The van der Waals surface area contributed by atoms with Crippen molar-refractivity contribution in [2.45, 2.75) is 0 Å². The van der Waals surface area contributed by atoms with Crippen molar-refractivity contribution in [1.82, 2.24) is 0 Å². The molecule has 0 bridgehead atoms. The predicted octanol–water partition coefficient (Wildman–Crippen LogP) is 11.4. The molecule has 56 heavy (non-hydrogen) atoms. The number of nitrogen functional groups attached to an aromatic ring is 1. The maximum atomic E-state index is 6.16. The van der Waals surface area contributed by atoms with Crippen molar-refractivity contribution in [3.05, 3.63) is 211 Å². The zero-order valence-corrected chi connectivity index (χ0v) is 35.5. The van der Waals surface area contributed by atoms with Crippen LogP contribution in [0.2, 0.25) is 0 Å². The number of nitrogens with one attached hydrogen (secondary N) is 1. The molecule has 0 spiro atoms. The molecule has 0 aliphatic carbocycles. The second kappa shape index (κ2) is 18.5. The molecule has 0 unspecified atom stereocenters. The minimum absolute atomic E-state index is 0. The van der Waals surface area contributed by atoms with Gasteiger partial charge in [0.15, 0.2) is 23.0 Å². The van der Waals surface area contributed by atoms with Gasteiger partial charge in [-0.05, 0) is 109 Å². The Bertz CT molecular complexity index is 2520. The maximum Gasteiger partial charge on any atom is 1.00 e. The van der Waals surface area contributed by atoms with E-state index in [1.807, 2.05) is 133 Å². The Kier molecular flexibility index (Phi) is 12.9. The van der Waals surface area contributed by atoms with Gasteiger partial charge in [0.1, 0.15) is 0 Å². The molecule has 270 valence electrons. The average molecular weight is 822 g/mol. The number of anilines is 9. The van der Waals surface area contributed by atoms with Gasteiger partial charge in [-0.15, -0.1) is 0 Å². The van der Waals surface area contributed by atoms with Crippen LogP contribution in [0.4, 0.5) is 51.2 Å². The molecular formula is C48H38BrKN4O2. The van der Waals surface area contributed by atoms with Gasteiger partial charge in [-0.1, -0.05) is 113 Å². The molecule has 0 atom stereocenters. The molecule has 8 aromatic rings. The number of nitrogens with zero attached hydrogens (tertiary/aromatic N) is 2. The van der Waals surface area contributed by atoms with Crippen molar-refractivity contribution >= 4 is 67.1 Å². The van der Waals surface area contributed by atoms with Gasteiger partial charge in [-0.25, -0.2) is 0 Å². The predicted molar refractivity (Wildman–Crippen MR) is 232 cm³/mol. The van der Waals surface area contributed by atoms with Gasteiger partial charge in [-0.2, -0.15) is 0 Å². The minimum atomic E-state index is 0. The summed E-state index contributed by atoms with van der Waals surface area (Å²) >= 11 is 3.55. The topological polar surface area (TPSA) is 63.0 Å². The first-order chi connectivity index (χ1) is 27.1. The maximum absolute atomic E-state index is 6.16. The summed E-state index contributed by atoms with van der Waals surface area (Å²) in [7, 11) is 0. The van der Waals surface area contributed by atoms with Gasteiger partial charge in [0.25, 0.3) is 0 Å². The Labute approximate surface area is 380 Å². The number of ether oxygens (including phenoxy) is 2. The fourth-order valence-electron chi connectivity index (χ4n) is 6.41. The largest absolute Gasteiger partial charge is 1.00 e. The monoisotopic (exact) mass is 820 g/mol. The zero-order chi connectivity index (χ0) is 37.4. The van der Waals surface area contributed by atoms with Crippen molar-refractivity contribution in [3.8, 4) is 23.0 Å². The normalized spacial score (nSPS) is 11.4. The van der Waals surface area contributed by atoms with Gasteiger partial charge >= 0.3 is 51.4 Å². The summed E-state index contributed by atoms with van der Waals surface area (Å²) in [5.74, 6) is 3.44. The second-order valence-corrected chi connectivity index (χ2v) is 13.6. The molecule has 0 aromatic heterocycles. The van der Waals surface area contributed by atoms with Crippen LogP contribution in [0.15, 0.2) is 211 Å². The number of benzene rings is 8. The molecule has 2 aliphatic heterocycles. The summed E-state index contributed by atoms with van der Waals surface area (Å²) in [5.41, 5.74) is 14.6. The smallest absolute Gasteiger partial charge is 1.00 e. The molecule has 2 heterocycles. The quantitative estimate of drug-likeness (QED) is 0.136. The third-order valence-corrected chi connectivity index (χ3v) is 9.40. The Hall–Kier alpha value is -5.32. The number of hydrogen-bond donors (Lipinski definition) is 2. The zero-order valence-electron chi connectivity index (χ0n) is 31.8. The minimum Gasteiger partial charge on any atom is -1.00 e. The number of nitrogens with two attached hydrogens (primary N) is 1. The van der Waals surface area contributed by atoms with Crippen LogP contribution in [0.25, 0.3) is 0 Å². The summed E-state index contributed by atoms with van der Waals surface area (Å²) in [4.78, 5) is 4.46. The van der Waals surface area contributed by atoms with Gasteiger partial charge < -0.3 is 31.8 Å². The number of hydrogen-bond acceptors (Lipinski definition) is 6. The molecule has 3 N–H and O–H groups in total. The van der Waals surface area contributed by atoms with Gasteiger partial charge in [0.05, 0.1) is 22.7 Å². The van der Waals surface area contributed by atoms with Crippen LogP contribution in [0.5, 0.6) is 23.0 Å². The van der Waals surface area contributed by atoms with Crippen molar-refractivity contribution in [2.24, 2.45) is 0 Å². The first kappa shape index (κ1) is 38.9. The molecular weight excluding hydrogens is 784 g/mol. The van der Waals surface area contributed by atoms with Crippen molar-refractivity contribution in [3.63, 3.8) is 0 Å². The van der Waals surface area contributed by atoms with Gasteiger partial charge in [0.2, 0.25) is 0 Å². The molecule has 0 saturated heterocycles. The fourth-order valence-corrected chi connectivity index (χ4v) is 6.76. The third-order valence-electron chi connectivity index (χ3n) is 8.90. The molecule has 0 radical (unpaired) electrons. The van der Waals surface area contributed by atoms with E-state index in [1.54, 1.807) is 0 Å². The Morgan fingerprint density at radius 2 is 0.821 bits per heavy atom. The van der Waals surface area contributed by atoms with E-state index in [9.17, 15) is 0 Å². The molecule has 10 rings (SSSR count). The summed E-state index contributed by atoms with van der Waals surface area (Å²) < 4.78 is 13.2. The standard InChI is InChI=1S/C24H18N2O.C18H12BrNO.C6H7N.K.H/c1-3-9-18(10-4-1)25-19-15-16-24-22(17-19)26(20-11-5-2-6-12-20)21-13-7-8-14-23(21)27-24;19-13-10-11-18-16(12-13)20(14-6-2-1-3-7-14)15-8-4-5-9-17(15)21-18;7-6-4-2-1-3-5-6;;/h1-17,25H;1-12H;1-5H,7H2;;/q;;;+1;-1. The SMILES string of the molecule is Brc1ccc2c(c1)N(c1ccccc1)c1ccccc1O2.Nc1ccccc1.[H-].[K+].c1ccc(Nc2ccc3c(c2)N(c2ccccc2)c2ccccc2O3)cc1. The first-order valence-electron chi connectivity index (χ1n) is 17.9. The molecule has 8 aromatic carbocycles. The summed E-state index contributed by atoms with van der Waals surface area (Å²) in [6, 6.07) is 68.8. The second-order valence-electron chi connectivity index (χ2n) is 12.7. The van der Waals surface area contributed by atoms with E-state index >= 15 is 0 Å². The first-order valence-corrected chi connectivity index (χ1v) is 18.7. The van der Waals surface area contributed by atoms with Crippen LogP contribution >= 0.6 is 15.9 Å². The van der Waals surface area contributed by atoms with Crippen molar-refractivity contribution in [1.29, 1.82) is 0 Å². The molecule has 0 fully saturated rings. The Morgan fingerprint density at radius 3 is 1.32 bits per heavy atom. The molecule has 2 aliphatic rings. The van der Waals surface area contributed by atoms with Gasteiger partial charge in [-0.3, -0.25) is 0 Å². The van der Waals surface area contributed by atoms with E-state index in [1.165, 1.54) is 0 Å². The van der Waals surface area contributed by atoms with E-state index in [0.29, 0.717) is 0 Å². The van der Waals surface area contributed by atoms with Crippen molar-refractivity contribution in [2.75, 3.05) is 20.9 Å².